The van der Waals surface area contributed by atoms with Gasteiger partial charge in [-0.1, -0.05) is 42.5 Å². The summed E-state index contributed by atoms with van der Waals surface area (Å²) in [5.41, 5.74) is 1.96. The molecule has 1 saturated heterocycles. The number of anilines is 1. The smallest absolute Gasteiger partial charge is 0.267 e. The molecule has 1 fully saturated rings. The molecule has 1 amide bonds. The van der Waals surface area contributed by atoms with Gasteiger partial charge in [0.1, 0.15) is 18.1 Å². The minimum Gasteiger partial charge on any atom is -0.497 e. The SMILES string of the molecule is COc1ccc(CNC(=O)Cn2nc(N3CCN(Cc4ccccc4)CC3)ccc2=O)cc1. The Hall–Kier alpha value is -3.65. The summed E-state index contributed by atoms with van der Waals surface area (Å²) in [6, 6.07) is 21.1. The Morgan fingerprint density at radius 3 is 2.36 bits per heavy atom. The van der Waals surface area contributed by atoms with E-state index in [0.29, 0.717) is 6.54 Å². The van der Waals surface area contributed by atoms with Gasteiger partial charge in [-0.25, -0.2) is 4.68 Å². The number of piperazine rings is 1. The molecule has 1 aliphatic rings. The zero-order valence-corrected chi connectivity index (χ0v) is 18.8. The Balaban J connectivity index is 1.31. The fourth-order valence-corrected chi connectivity index (χ4v) is 3.83. The molecule has 4 rings (SSSR count). The van der Waals surface area contributed by atoms with Crippen molar-refractivity contribution in [3.05, 3.63) is 88.2 Å². The van der Waals surface area contributed by atoms with Crippen LogP contribution in [0.4, 0.5) is 5.82 Å². The van der Waals surface area contributed by atoms with E-state index in [1.165, 1.54) is 16.3 Å². The molecule has 8 heteroatoms. The van der Waals surface area contributed by atoms with Crippen molar-refractivity contribution in [3.63, 3.8) is 0 Å². The van der Waals surface area contributed by atoms with Crippen LogP contribution >= 0.6 is 0 Å². The van der Waals surface area contributed by atoms with Crippen LogP contribution in [-0.2, 0) is 24.4 Å². The second-order valence-electron chi connectivity index (χ2n) is 8.06. The quantitative estimate of drug-likeness (QED) is 0.568. The second kappa shape index (κ2) is 10.8. The average molecular weight is 448 g/mol. The van der Waals surface area contributed by atoms with E-state index in [0.717, 1.165) is 49.9 Å². The van der Waals surface area contributed by atoms with E-state index in [4.69, 9.17) is 4.74 Å². The third kappa shape index (κ3) is 6.20. The lowest BCUT2D eigenvalue weighted by molar-refractivity contribution is -0.122. The van der Waals surface area contributed by atoms with Gasteiger partial charge in [-0.3, -0.25) is 14.5 Å². The Kier molecular flexibility index (Phi) is 7.36. The first kappa shape index (κ1) is 22.5. The van der Waals surface area contributed by atoms with Crippen molar-refractivity contribution in [1.82, 2.24) is 20.0 Å². The Labute approximate surface area is 193 Å². The first-order valence-corrected chi connectivity index (χ1v) is 11.1. The van der Waals surface area contributed by atoms with Crippen molar-refractivity contribution in [2.24, 2.45) is 0 Å². The maximum atomic E-state index is 12.4. The first-order valence-electron chi connectivity index (χ1n) is 11.1. The molecule has 33 heavy (non-hydrogen) atoms. The van der Waals surface area contributed by atoms with Gasteiger partial charge in [0, 0.05) is 45.3 Å². The molecule has 0 saturated carbocycles. The maximum Gasteiger partial charge on any atom is 0.267 e. The van der Waals surface area contributed by atoms with Crippen LogP contribution in [0.25, 0.3) is 0 Å². The Morgan fingerprint density at radius 1 is 0.939 bits per heavy atom. The van der Waals surface area contributed by atoms with Crippen molar-refractivity contribution in [2.45, 2.75) is 19.6 Å². The van der Waals surface area contributed by atoms with Crippen LogP contribution in [-0.4, -0.2) is 53.9 Å². The molecular formula is C25H29N5O3. The lowest BCUT2D eigenvalue weighted by Gasteiger charge is -2.35. The number of benzene rings is 2. The predicted octanol–water partition coefficient (Wildman–Crippen LogP) is 1.89. The third-order valence-electron chi connectivity index (χ3n) is 5.74. The molecule has 1 aliphatic heterocycles. The summed E-state index contributed by atoms with van der Waals surface area (Å²) in [5, 5.41) is 7.30. The van der Waals surface area contributed by atoms with Crippen molar-refractivity contribution >= 4 is 11.7 Å². The van der Waals surface area contributed by atoms with E-state index >= 15 is 0 Å². The highest BCUT2D eigenvalue weighted by Gasteiger charge is 2.19. The summed E-state index contributed by atoms with van der Waals surface area (Å²) in [6.07, 6.45) is 0. The number of nitrogens with one attached hydrogen (secondary N) is 1. The molecule has 0 radical (unpaired) electrons. The number of hydrogen-bond donors (Lipinski definition) is 1. The fourth-order valence-electron chi connectivity index (χ4n) is 3.83. The molecule has 8 nitrogen and oxygen atoms in total. The van der Waals surface area contributed by atoms with Crippen molar-refractivity contribution in [1.29, 1.82) is 0 Å². The van der Waals surface area contributed by atoms with E-state index in [-0.39, 0.29) is 18.0 Å². The Morgan fingerprint density at radius 2 is 1.67 bits per heavy atom. The lowest BCUT2D eigenvalue weighted by atomic mass is 10.2. The number of aromatic nitrogens is 2. The summed E-state index contributed by atoms with van der Waals surface area (Å²) in [7, 11) is 1.61. The van der Waals surface area contributed by atoms with Gasteiger partial charge in [0.25, 0.3) is 5.56 Å². The van der Waals surface area contributed by atoms with Gasteiger partial charge in [-0.2, -0.15) is 5.10 Å². The molecule has 3 aromatic rings. The number of carbonyl (C=O) groups excluding carboxylic acids is 1. The number of hydrogen-bond acceptors (Lipinski definition) is 6. The summed E-state index contributed by atoms with van der Waals surface area (Å²) in [6.45, 7) is 4.66. The van der Waals surface area contributed by atoms with E-state index in [1.807, 2.05) is 30.3 Å². The highest BCUT2D eigenvalue weighted by Crippen LogP contribution is 2.14. The highest BCUT2D eigenvalue weighted by atomic mass is 16.5. The molecule has 0 aliphatic carbocycles. The van der Waals surface area contributed by atoms with Crippen LogP contribution in [0.15, 0.2) is 71.5 Å². The fraction of sp³-hybridized carbons (Fsp3) is 0.320. The molecule has 0 unspecified atom stereocenters. The Bertz CT molecular complexity index is 1110. The predicted molar refractivity (Wildman–Crippen MR) is 127 cm³/mol. The summed E-state index contributed by atoms with van der Waals surface area (Å²) in [5.74, 6) is 1.22. The van der Waals surface area contributed by atoms with Gasteiger partial charge < -0.3 is 15.0 Å². The maximum absolute atomic E-state index is 12.4. The van der Waals surface area contributed by atoms with Crippen molar-refractivity contribution < 1.29 is 9.53 Å². The monoisotopic (exact) mass is 447 g/mol. The van der Waals surface area contributed by atoms with Gasteiger partial charge in [-0.05, 0) is 29.3 Å². The van der Waals surface area contributed by atoms with Gasteiger partial charge in [0.05, 0.1) is 7.11 Å². The first-order chi connectivity index (χ1) is 16.1. The topological polar surface area (TPSA) is 79.7 Å². The molecule has 0 bridgehead atoms. The molecule has 0 atom stereocenters. The molecule has 1 N–H and O–H groups in total. The van der Waals surface area contributed by atoms with Crippen molar-refractivity contribution in [2.75, 3.05) is 38.2 Å². The van der Waals surface area contributed by atoms with Gasteiger partial charge >= 0.3 is 0 Å². The van der Waals surface area contributed by atoms with E-state index in [9.17, 15) is 9.59 Å². The number of nitrogens with zero attached hydrogens (tertiary/aromatic N) is 4. The lowest BCUT2D eigenvalue weighted by Crippen LogP contribution is -2.46. The minimum atomic E-state index is -0.291. The highest BCUT2D eigenvalue weighted by molar-refractivity contribution is 5.75. The molecule has 2 heterocycles. The molecule has 1 aromatic heterocycles. The molecular weight excluding hydrogens is 418 g/mol. The van der Waals surface area contributed by atoms with Gasteiger partial charge in [0.15, 0.2) is 0 Å². The zero-order chi connectivity index (χ0) is 23.0. The average Bonchev–Trinajstić information content (AvgIpc) is 2.85. The minimum absolute atomic E-state index is 0.114. The van der Waals surface area contributed by atoms with Crippen molar-refractivity contribution in [3.8, 4) is 5.75 Å². The number of ether oxygens (including phenoxy) is 1. The standard InChI is InChI=1S/C25H29N5O3/c1-33-22-9-7-20(8-10-22)17-26-24(31)19-30-25(32)12-11-23(27-30)29-15-13-28(14-16-29)18-21-5-3-2-4-6-21/h2-12H,13-19H2,1H3,(H,26,31). The van der Waals surface area contributed by atoms with E-state index in [1.54, 1.807) is 13.2 Å². The summed E-state index contributed by atoms with van der Waals surface area (Å²) >= 11 is 0. The normalized spacial score (nSPS) is 14.2. The molecule has 2 aromatic carbocycles. The van der Waals surface area contributed by atoms with Crippen LogP contribution in [0.3, 0.4) is 0 Å². The number of methoxy groups -OCH3 is 1. The van der Waals surface area contributed by atoms with E-state index in [2.05, 4.69) is 44.5 Å². The summed E-state index contributed by atoms with van der Waals surface area (Å²) < 4.78 is 6.37. The van der Waals surface area contributed by atoms with Crippen LogP contribution < -0.4 is 20.5 Å². The van der Waals surface area contributed by atoms with E-state index < -0.39 is 0 Å². The van der Waals surface area contributed by atoms with Crippen LogP contribution in [0, 0.1) is 0 Å². The second-order valence-corrected chi connectivity index (χ2v) is 8.06. The zero-order valence-electron chi connectivity index (χ0n) is 18.8. The van der Waals surface area contributed by atoms with Crippen LogP contribution in [0.1, 0.15) is 11.1 Å². The number of rotatable bonds is 8. The van der Waals surface area contributed by atoms with Gasteiger partial charge in [-0.15, -0.1) is 0 Å². The van der Waals surface area contributed by atoms with Crippen LogP contribution in [0.5, 0.6) is 5.75 Å². The molecule has 172 valence electrons. The summed E-state index contributed by atoms with van der Waals surface area (Å²) in [4.78, 5) is 29.2. The third-order valence-corrected chi connectivity index (χ3v) is 5.74. The molecule has 0 spiro atoms. The van der Waals surface area contributed by atoms with Crippen LogP contribution in [0.2, 0.25) is 0 Å². The van der Waals surface area contributed by atoms with Gasteiger partial charge in [0.2, 0.25) is 5.91 Å². The largest absolute Gasteiger partial charge is 0.497 e. The number of carbonyl (C=O) groups is 1. The number of amides is 1.